The van der Waals surface area contributed by atoms with Crippen molar-refractivity contribution in [1.29, 1.82) is 0 Å². The lowest BCUT2D eigenvalue weighted by molar-refractivity contribution is -0.145. The molecule has 2 atom stereocenters. The molecule has 8 heteroatoms. The van der Waals surface area contributed by atoms with Crippen molar-refractivity contribution in [2.24, 2.45) is 0 Å². The normalized spacial score (nSPS) is 12.6. The monoisotopic (exact) mass is 338 g/mol. The average Bonchev–Trinajstić information content (AvgIpc) is 2.62. The van der Waals surface area contributed by atoms with Gasteiger partial charge in [-0.15, -0.1) is 0 Å². The molecule has 24 heavy (non-hydrogen) atoms. The van der Waals surface area contributed by atoms with E-state index in [1.54, 1.807) is 31.2 Å². The van der Waals surface area contributed by atoms with Crippen LogP contribution in [0.15, 0.2) is 30.3 Å². The molecule has 0 saturated heterocycles. The van der Waals surface area contributed by atoms with Crippen molar-refractivity contribution in [2.75, 3.05) is 13.7 Å². The summed E-state index contributed by atoms with van der Waals surface area (Å²) in [5, 5.41) is 13.9. The zero-order valence-electron chi connectivity index (χ0n) is 13.7. The minimum absolute atomic E-state index is 0.0339. The van der Waals surface area contributed by atoms with E-state index in [-0.39, 0.29) is 6.61 Å². The molecule has 0 heterocycles. The fourth-order valence-corrected chi connectivity index (χ4v) is 1.84. The number of methoxy groups -OCH3 is 1. The van der Waals surface area contributed by atoms with Crippen molar-refractivity contribution >= 4 is 18.0 Å². The Morgan fingerprint density at radius 2 is 1.79 bits per heavy atom. The van der Waals surface area contributed by atoms with Gasteiger partial charge in [-0.25, -0.2) is 9.59 Å². The SMILES string of the molecule is CC[C@@H](NC(=O)[C@H](CO)NC(=O)OCc1ccccc1)C(=O)OC. The number of aliphatic hydroxyl groups excluding tert-OH is 1. The van der Waals surface area contributed by atoms with Crippen LogP contribution in [0.1, 0.15) is 18.9 Å². The summed E-state index contributed by atoms with van der Waals surface area (Å²) in [7, 11) is 1.21. The van der Waals surface area contributed by atoms with Crippen LogP contribution in [-0.4, -0.2) is 48.9 Å². The number of carbonyl (C=O) groups excluding carboxylic acids is 3. The van der Waals surface area contributed by atoms with Crippen LogP contribution < -0.4 is 10.6 Å². The lowest BCUT2D eigenvalue weighted by Crippen LogP contribution is -2.53. The third-order valence-electron chi connectivity index (χ3n) is 3.21. The number of esters is 1. The number of hydrogen-bond donors (Lipinski definition) is 3. The van der Waals surface area contributed by atoms with Crippen molar-refractivity contribution in [3.8, 4) is 0 Å². The third-order valence-corrected chi connectivity index (χ3v) is 3.21. The molecule has 0 fully saturated rings. The van der Waals surface area contributed by atoms with Gasteiger partial charge in [-0.2, -0.15) is 0 Å². The lowest BCUT2D eigenvalue weighted by Gasteiger charge is -2.19. The van der Waals surface area contributed by atoms with Crippen LogP contribution in [0, 0.1) is 0 Å². The first kappa shape index (κ1) is 19.4. The molecule has 0 aromatic heterocycles. The smallest absolute Gasteiger partial charge is 0.408 e. The molecule has 132 valence electrons. The molecule has 0 bridgehead atoms. The van der Waals surface area contributed by atoms with Gasteiger partial charge in [-0.05, 0) is 12.0 Å². The average molecular weight is 338 g/mol. The molecular weight excluding hydrogens is 316 g/mol. The number of nitrogens with one attached hydrogen (secondary N) is 2. The van der Waals surface area contributed by atoms with Gasteiger partial charge >= 0.3 is 12.1 Å². The Morgan fingerprint density at radius 1 is 1.12 bits per heavy atom. The molecule has 0 saturated carbocycles. The van der Waals surface area contributed by atoms with E-state index in [9.17, 15) is 19.5 Å². The maximum absolute atomic E-state index is 12.0. The molecule has 3 N–H and O–H groups in total. The Morgan fingerprint density at radius 3 is 2.33 bits per heavy atom. The number of carbonyl (C=O) groups is 3. The molecule has 1 rings (SSSR count). The molecule has 0 aliphatic rings. The highest BCUT2D eigenvalue weighted by Crippen LogP contribution is 2.01. The summed E-state index contributed by atoms with van der Waals surface area (Å²) in [4.78, 5) is 35.2. The fraction of sp³-hybridized carbons (Fsp3) is 0.438. The number of benzene rings is 1. The van der Waals surface area contributed by atoms with Crippen LogP contribution >= 0.6 is 0 Å². The second-order valence-corrected chi connectivity index (χ2v) is 4.93. The topological polar surface area (TPSA) is 114 Å². The van der Waals surface area contributed by atoms with E-state index in [1.807, 2.05) is 6.07 Å². The number of ether oxygens (including phenoxy) is 2. The molecule has 0 spiro atoms. The van der Waals surface area contributed by atoms with Crippen molar-refractivity contribution in [3.05, 3.63) is 35.9 Å². The van der Waals surface area contributed by atoms with E-state index in [4.69, 9.17) is 4.74 Å². The predicted molar refractivity (Wildman–Crippen MR) is 84.9 cm³/mol. The second kappa shape index (κ2) is 10.2. The number of rotatable bonds is 8. The van der Waals surface area contributed by atoms with Crippen LogP contribution in [0.2, 0.25) is 0 Å². The largest absolute Gasteiger partial charge is 0.467 e. The minimum Gasteiger partial charge on any atom is -0.467 e. The van der Waals surface area contributed by atoms with Crippen molar-refractivity contribution in [2.45, 2.75) is 32.0 Å². The summed E-state index contributed by atoms with van der Waals surface area (Å²) in [6.45, 7) is 1.09. The Bertz CT molecular complexity index is 549. The maximum Gasteiger partial charge on any atom is 0.408 e. The zero-order chi connectivity index (χ0) is 17.9. The van der Waals surface area contributed by atoms with E-state index < -0.39 is 36.7 Å². The van der Waals surface area contributed by atoms with Gasteiger partial charge in [-0.3, -0.25) is 4.79 Å². The van der Waals surface area contributed by atoms with Gasteiger partial charge in [0.1, 0.15) is 18.7 Å². The number of alkyl carbamates (subject to hydrolysis) is 1. The first-order valence-electron chi connectivity index (χ1n) is 7.48. The number of hydrogen-bond acceptors (Lipinski definition) is 6. The Kier molecular flexibility index (Phi) is 8.28. The summed E-state index contributed by atoms with van der Waals surface area (Å²) in [6.07, 6.45) is -0.533. The van der Waals surface area contributed by atoms with Gasteiger partial charge in [0, 0.05) is 0 Å². The number of aliphatic hydroxyl groups is 1. The molecule has 1 aromatic rings. The Balaban J connectivity index is 2.51. The predicted octanol–water partition coefficient (Wildman–Crippen LogP) is 0.341. The van der Waals surface area contributed by atoms with Crippen LogP contribution in [0.5, 0.6) is 0 Å². The summed E-state index contributed by atoms with van der Waals surface area (Å²) in [5.41, 5.74) is 0.786. The minimum atomic E-state index is -1.23. The highest BCUT2D eigenvalue weighted by atomic mass is 16.5. The second-order valence-electron chi connectivity index (χ2n) is 4.93. The molecule has 8 nitrogen and oxygen atoms in total. The van der Waals surface area contributed by atoms with Crippen molar-refractivity contribution < 1.29 is 29.0 Å². The van der Waals surface area contributed by atoms with Crippen molar-refractivity contribution in [1.82, 2.24) is 10.6 Å². The van der Waals surface area contributed by atoms with Crippen molar-refractivity contribution in [3.63, 3.8) is 0 Å². The van der Waals surface area contributed by atoms with E-state index in [0.29, 0.717) is 6.42 Å². The maximum atomic E-state index is 12.0. The molecule has 2 amide bonds. The zero-order valence-corrected chi connectivity index (χ0v) is 13.7. The fourth-order valence-electron chi connectivity index (χ4n) is 1.84. The van der Waals surface area contributed by atoms with Crippen LogP contribution in [0.4, 0.5) is 4.79 Å². The third kappa shape index (κ3) is 6.25. The quantitative estimate of drug-likeness (QED) is 0.589. The first-order chi connectivity index (χ1) is 11.5. The highest BCUT2D eigenvalue weighted by molar-refractivity contribution is 5.89. The van der Waals surface area contributed by atoms with Crippen LogP contribution in [0.25, 0.3) is 0 Å². The molecule has 0 unspecified atom stereocenters. The lowest BCUT2D eigenvalue weighted by atomic mass is 10.2. The van der Waals surface area contributed by atoms with E-state index >= 15 is 0 Å². The first-order valence-corrected chi connectivity index (χ1v) is 7.48. The van der Waals surface area contributed by atoms with Gasteiger partial charge < -0.3 is 25.2 Å². The standard InChI is InChI=1S/C16H22N2O6/c1-3-12(15(21)23-2)17-14(20)13(9-19)18-16(22)24-10-11-7-5-4-6-8-11/h4-8,12-13,19H,3,9-10H2,1-2H3,(H,17,20)(H,18,22)/t12-,13+/m1/s1. The molecule has 0 aliphatic heterocycles. The van der Waals surface area contributed by atoms with Crippen LogP contribution in [0.3, 0.4) is 0 Å². The van der Waals surface area contributed by atoms with E-state index in [1.165, 1.54) is 7.11 Å². The molecule has 0 aliphatic carbocycles. The molecule has 1 aromatic carbocycles. The van der Waals surface area contributed by atoms with Gasteiger partial charge in [-0.1, -0.05) is 37.3 Å². The van der Waals surface area contributed by atoms with Gasteiger partial charge in [0.25, 0.3) is 0 Å². The Labute approximate surface area is 140 Å². The summed E-state index contributed by atoms with van der Waals surface area (Å²) in [5.74, 6) is -1.30. The van der Waals surface area contributed by atoms with Gasteiger partial charge in [0.15, 0.2) is 0 Å². The van der Waals surface area contributed by atoms with Crippen LogP contribution in [-0.2, 0) is 25.7 Å². The number of amides is 2. The van der Waals surface area contributed by atoms with Gasteiger partial charge in [0.2, 0.25) is 5.91 Å². The van der Waals surface area contributed by atoms with E-state index in [0.717, 1.165) is 5.56 Å². The van der Waals surface area contributed by atoms with E-state index in [2.05, 4.69) is 15.4 Å². The summed E-state index contributed by atoms with van der Waals surface area (Å²) >= 11 is 0. The highest BCUT2D eigenvalue weighted by Gasteiger charge is 2.26. The summed E-state index contributed by atoms with van der Waals surface area (Å²) < 4.78 is 9.54. The molecule has 0 radical (unpaired) electrons. The van der Waals surface area contributed by atoms with Gasteiger partial charge in [0.05, 0.1) is 13.7 Å². The Hall–Kier alpha value is -2.61. The summed E-state index contributed by atoms with van der Waals surface area (Å²) in [6, 6.07) is 6.93. The molecular formula is C16H22N2O6.